The summed E-state index contributed by atoms with van der Waals surface area (Å²) in [6.07, 6.45) is 2.94. The van der Waals surface area contributed by atoms with Gasteiger partial charge in [0.2, 0.25) is 0 Å². The summed E-state index contributed by atoms with van der Waals surface area (Å²) in [5.74, 6) is 0.477. The molecule has 0 aliphatic heterocycles. The summed E-state index contributed by atoms with van der Waals surface area (Å²) >= 11 is 5.55. The number of aliphatic hydroxyl groups is 1. The highest BCUT2D eigenvalue weighted by Crippen LogP contribution is 2.08. The van der Waals surface area contributed by atoms with Crippen LogP contribution in [0.15, 0.2) is 11.1 Å². The molecule has 0 aromatic heterocycles. The van der Waals surface area contributed by atoms with Crippen molar-refractivity contribution in [2.24, 2.45) is 5.92 Å². The van der Waals surface area contributed by atoms with Gasteiger partial charge in [-0.1, -0.05) is 37.9 Å². The van der Waals surface area contributed by atoms with E-state index in [1.54, 1.807) is 0 Å². The summed E-state index contributed by atoms with van der Waals surface area (Å²) in [5.41, 5.74) is 0. The SMILES string of the molecule is CC[C@H](C)/C=C(/Cl)CO. The van der Waals surface area contributed by atoms with Gasteiger partial charge in [-0.25, -0.2) is 0 Å². The Hall–Kier alpha value is -0.0100. The molecule has 0 saturated carbocycles. The van der Waals surface area contributed by atoms with Crippen LogP contribution in [0.2, 0.25) is 0 Å². The molecule has 0 radical (unpaired) electrons. The van der Waals surface area contributed by atoms with E-state index in [4.69, 9.17) is 16.7 Å². The van der Waals surface area contributed by atoms with Crippen molar-refractivity contribution in [1.29, 1.82) is 0 Å². The molecule has 0 amide bonds. The van der Waals surface area contributed by atoms with Crippen LogP contribution in [0.25, 0.3) is 0 Å². The van der Waals surface area contributed by atoms with Crippen molar-refractivity contribution in [2.45, 2.75) is 20.3 Å². The van der Waals surface area contributed by atoms with Gasteiger partial charge in [-0.2, -0.15) is 0 Å². The molecular weight excluding hydrogens is 136 g/mol. The lowest BCUT2D eigenvalue weighted by Crippen LogP contribution is -1.89. The van der Waals surface area contributed by atoms with E-state index in [0.29, 0.717) is 11.0 Å². The second kappa shape index (κ2) is 4.83. The first kappa shape index (κ1) is 8.99. The van der Waals surface area contributed by atoms with Gasteiger partial charge in [0.05, 0.1) is 6.61 Å². The Morgan fingerprint density at radius 1 is 1.78 bits per heavy atom. The summed E-state index contributed by atoms with van der Waals surface area (Å²) in [6, 6.07) is 0. The largest absolute Gasteiger partial charge is 0.391 e. The minimum atomic E-state index is -0.0358. The zero-order valence-electron chi connectivity index (χ0n) is 5.89. The maximum absolute atomic E-state index is 8.48. The fourth-order valence-corrected chi connectivity index (χ4v) is 0.694. The second-order valence-electron chi connectivity index (χ2n) is 2.16. The Morgan fingerprint density at radius 2 is 2.33 bits per heavy atom. The maximum atomic E-state index is 8.48. The van der Waals surface area contributed by atoms with Gasteiger partial charge in [0.15, 0.2) is 0 Å². The van der Waals surface area contributed by atoms with Crippen molar-refractivity contribution in [3.8, 4) is 0 Å². The molecule has 1 N–H and O–H groups in total. The quantitative estimate of drug-likeness (QED) is 0.651. The molecule has 54 valence electrons. The number of aliphatic hydroxyl groups excluding tert-OH is 1. The minimum absolute atomic E-state index is 0.0358. The van der Waals surface area contributed by atoms with Crippen LogP contribution in [-0.2, 0) is 0 Å². The molecule has 0 heterocycles. The van der Waals surface area contributed by atoms with Crippen molar-refractivity contribution in [3.63, 3.8) is 0 Å². The van der Waals surface area contributed by atoms with Crippen LogP contribution in [0.5, 0.6) is 0 Å². The molecular formula is C7H13ClO. The standard InChI is InChI=1S/C7H13ClO/c1-3-6(2)4-7(8)5-9/h4,6,9H,3,5H2,1-2H3/b7-4+/t6-/m0/s1. The first-order chi connectivity index (χ1) is 4.20. The van der Waals surface area contributed by atoms with E-state index in [-0.39, 0.29) is 6.61 Å². The van der Waals surface area contributed by atoms with Crippen LogP contribution >= 0.6 is 11.6 Å². The zero-order chi connectivity index (χ0) is 7.28. The molecule has 0 bridgehead atoms. The van der Waals surface area contributed by atoms with Crippen molar-refractivity contribution >= 4 is 11.6 Å². The summed E-state index contributed by atoms with van der Waals surface area (Å²) in [7, 11) is 0. The van der Waals surface area contributed by atoms with Crippen LogP contribution < -0.4 is 0 Å². The Balaban J connectivity index is 3.64. The molecule has 2 heteroatoms. The van der Waals surface area contributed by atoms with Gasteiger partial charge in [0, 0.05) is 5.03 Å². The van der Waals surface area contributed by atoms with Crippen LogP contribution in [-0.4, -0.2) is 11.7 Å². The molecule has 0 unspecified atom stereocenters. The molecule has 0 aliphatic carbocycles. The first-order valence-electron chi connectivity index (χ1n) is 3.17. The Labute approximate surface area is 61.3 Å². The molecule has 0 saturated heterocycles. The molecule has 0 aliphatic rings. The predicted molar refractivity (Wildman–Crippen MR) is 40.5 cm³/mol. The van der Waals surface area contributed by atoms with Crippen molar-refractivity contribution in [3.05, 3.63) is 11.1 Å². The van der Waals surface area contributed by atoms with E-state index < -0.39 is 0 Å². The maximum Gasteiger partial charge on any atom is 0.0784 e. The average molecular weight is 149 g/mol. The molecule has 0 fully saturated rings. The van der Waals surface area contributed by atoms with Crippen LogP contribution in [0.1, 0.15) is 20.3 Å². The van der Waals surface area contributed by atoms with E-state index in [0.717, 1.165) is 6.42 Å². The molecule has 1 atom stereocenters. The number of rotatable bonds is 3. The molecule has 1 nitrogen and oxygen atoms in total. The van der Waals surface area contributed by atoms with Gasteiger partial charge < -0.3 is 5.11 Å². The van der Waals surface area contributed by atoms with E-state index >= 15 is 0 Å². The van der Waals surface area contributed by atoms with Gasteiger partial charge in [0.25, 0.3) is 0 Å². The predicted octanol–water partition coefficient (Wildman–Crippen LogP) is 2.15. The molecule has 0 rings (SSSR count). The van der Waals surface area contributed by atoms with E-state index in [1.807, 2.05) is 6.08 Å². The highest BCUT2D eigenvalue weighted by molar-refractivity contribution is 6.29. The van der Waals surface area contributed by atoms with Gasteiger partial charge >= 0.3 is 0 Å². The monoisotopic (exact) mass is 148 g/mol. The van der Waals surface area contributed by atoms with Gasteiger partial charge in [-0.15, -0.1) is 0 Å². The van der Waals surface area contributed by atoms with E-state index in [1.165, 1.54) is 0 Å². The highest BCUT2D eigenvalue weighted by Gasteiger charge is 1.94. The third-order valence-corrected chi connectivity index (χ3v) is 1.51. The Bertz CT molecular complexity index is 99.1. The fraction of sp³-hybridized carbons (Fsp3) is 0.714. The zero-order valence-corrected chi connectivity index (χ0v) is 6.65. The third kappa shape index (κ3) is 4.49. The first-order valence-corrected chi connectivity index (χ1v) is 3.55. The van der Waals surface area contributed by atoms with E-state index in [2.05, 4.69) is 13.8 Å². The minimum Gasteiger partial charge on any atom is -0.391 e. The van der Waals surface area contributed by atoms with Crippen molar-refractivity contribution < 1.29 is 5.11 Å². The summed E-state index contributed by atoms with van der Waals surface area (Å²) in [5, 5.41) is 9.02. The second-order valence-corrected chi connectivity index (χ2v) is 2.64. The molecule has 9 heavy (non-hydrogen) atoms. The van der Waals surface area contributed by atoms with Crippen molar-refractivity contribution in [2.75, 3.05) is 6.61 Å². The topological polar surface area (TPSA) is 20.2 Å². The lowest BCUT2D eigenvalue weighted by molar-refractivity contribution is 0.337. The summed E-state index contributed by atoms with van der Waals surface area (Å²) in [4.78, 5) is 0. The van der Waals surface area contributed by atoms with Crippen LogP contribution in [0.4, 0.5) is 0 Å². The van der Waals surface area contributed by atoms with Crippen molar-refractivity contribution in [1.82, 2.24) is 0 Å². The number of allylic oxidation sites excluding steroid dienone is 1. The summed E-state index contributed by atoms with van der Waals surface area (Å²) < 4.78 is 0. The lowest BCUT2D eigenvalue weighted by atomic mass is 10.1. The smallest absolute Gasteiger partial charge is 0.0784 e. The molecule has 0 aromatic rings. The number of hydrogen-bond donors (Lipinski definition) is 1. The summed E-state index contributed by atoms with van der Waals surface area (Å²) in [6.45, 7) is 4.12. The molecule has 0 aromatic carbocycles. The van der Waals surface area contributed by atoms with Gasteiger partial charge in [0.1, 0.15) is 0 Å². The van der Waals surface area contributed by atoms with Gasteiger partial charge in [-0.3, -0.25) is 0 Å². The van der Waals surface area contributed by atoms with Gasteiger partial charge in [-0.05, 0) is 5.92 Å². The van der Waals surface area contributed by atoms with Crippen LogP contribution in [0.3, 0.4) is 0 Å². The fourth-order valence-electron chi connectivity index (χ4n) is 0.479. The number of hydrogen-bond acceptors (Lipinski definition) is 1. The van der Waals surface area contributed by atoms with E-state index in [9.17, 15) is 0 Å². The third-order valence-electron chi connectivity index (χ3n) is 1.26. The van der Waals surface area contributed by atoms with Crippen LogP contribution in [0, 0.1) is 5.92 Å². The highest BCUT2D eigenvalue weighted by atomic mass is 35.5. The Kier molecular flexibility index (Phi) is 4.83. The Morgan fingerprint density at radius 3 is 2.67 bits per heavy atom. The normalized spacial score (nSPS) is 15.8. The average Bonchev–Trinajstić information content (AvgIpc) is 1.87. The molecule has 0 spiro atoms. The lowest BCUT2D eigenvalue weighted by Gasteiger charge is -2.00. The number of halogens is 1.